The zero-order valence-corrected chi connectivity index (χ0v) is 11.7. The Morgan fingerprint density at radius 1 is 1.06 bits per heavy atom. The third-order valence-corrected chi connectivity index (χ3v) is 5.67. The first-order valence-electron chi connectivity index (χ1n) is 7.86. The Hall–Kier alpha value is -0.120. The number of aliphatic hydroxyl groups is 1. The largest absolute Gasteiger partial charge is 0.393 e. The van der Waals surface area contributed by atoms with Gasteiger partial charge in [0.1, 0.15) is 0 Å². The Kier molecular flexibility index (Phi) is 3.92. The molecule has 1 aliphatic carbocycles. The fourth-order valence-electron chi connectivity index (χ4n) is 4.28. The van der Waals surface area contributed by atoms with Crippen LogP contribution in [0.3, 0.4) is 0 Å². The summed E-state index contributed by atoms with van der Waals surface area (Å²) in [6.07, 6.45) is 8.89. The summed E-state index contributed by atoms with van der Waals surface area (Å²) in [7, 11) is 2.31. The lowest BCUT2D eigenvalue weighted by molar-refractivity contribution is 0.116. The van der Waals surface area contributed by atoms with Crippen LogP contribution in [0.25, 0.3) is 0 Å². The van der Waals surface area contributed by atoms with Gasteiger partial charge in [-0.3, -0.25) is 4.90 Å². The van der Waals surface area contributed by atoms with Crippen molar-refractivity contribution in [1.29, 1.82) is 0 Å². The van der Waals surface area contributed by atoms with Gasteiger partial charge in [-0.2, -0.15) is 0 Å². The highest BCUT2D eigenvalue weighted by atomic mass is 16.3. The van der Waals surface area contributed by atoms with Gasteiger partial charge in [0.2, 0.25) is 0 Å². The Morgan fingerprint density at radius 2 is 1.89 bits per heavy atom. The van der Waals surface area contributed by atoms with E-state index in [1.54, 1.807) is 0 Å². The second kappa shape index (κ2) is 5.48. The Labute approximate surface area is 111 Å². The summed E-state index contributed by atoms with van der Waals surface area (Å²) in [6, 6.07) is 1.64. The number of aliphatic hydroxyl groups excluding tert-OH is 1. The molecule has 3 fully saturated rings. The van der Waals surface area contributed by atoms with Crippen molar-refractivity contribution in [2.24, 2.45) is 5.92 Å². The Balaban J connectivity index is 1.48. The van der Waals surface area contributed by atoms with E-state index in [1.807, 2.05) is 0 Å². The summed E-state index contributed by atoms with van der Waals surface area (Å²) in [5.74, 6) is 0.586. The molecule has 0 aromatic carbocycles. The number of nitrogens with zero attached hydrogens (tertiary/aromatic N) is 2. The molecule has 4 unspecified atom stereocenters. The maximum Gasteiger partial charge on any atom is 0.0568 e. The van der Waals surface area contributed by atoms with E-state index in [9.17, 15) is 5.11 Å². The number of hydrogen-bond acceptors (Lipinski definition) is 3. The predicted octanol–water partition coefficient (Wildman–Crippen LogP) is 1.71. The van der Waals surface area contributed by atoms with Crippen LogP contribution >= 0.6 is 0 Å². The molecule has 4 atom stereocenters. The van der Waals surface area contributed by atoms with Crippen molar-refractivity contribution >= 4 is 0 Å². The highest BCUT2D eigenvalue weighted by Gasteiger charge is 2.35. The number of hydrogen-bond donors (Lipinski definition) is 1. The van der Waals surface area contributed by atoms with E-state index in [0.717, 1.165) is 18.5 Å². The van der Waals surface area contributed by atoms with Gasteiger partial charge < -0.3 is 10.0 Å². The Bertz CT molecular complexity index is 284. The van der Waals surface area contributed by atoms with E-state index in [1.165, 1.54) is 58.2 Å². The van der Waals surface area contributed by atoms with E-state index in [4.69, 9.17) is 0 Å². The zero-order valence-electron chi connectivity index (χ0n) is 11.7. The number of fused-ring (bicyclic) bond motifs is 2. The van der Waals surface area contributed by atoms with Gasteiger partial charge in [-0.1, -0.05) is 6.42 Å². The van der Waals surface area contributed by atoms with Crippen LogP contribution in [0.5, 0.6) is 0 Å². The number of likely N-dealkylation sites (tertiary alicyclic amines) is 1. The summed E-state index contributed by atoms with van der Waals surface area (Å²) >= 11 is 0. The lowest BCUT2D eigenvalue weighted by Crippen LogP contribution is -2.37. The minimum atomic E-state index is -0.00361. The topological polar surface area (TPSA) is 26.7 Å². The fraction of sp³-hybridized carbons (Fsp3) is 1.00. The standard InChI is InChI=1S/C15H28N2O/c1-16-13-5-6-14(16)11-17(10-8-13)9-7-12-3-2-4-15(12)18/h12-15,18H,2-11H2,1H3. The average Bonchev–Trinajstić information content (AvgIpc) is 2.84. The summed E-state index contributed by atoms with van der Waals surface area (Å²) in [4.78, 5) is 5.27. The Morgan fingerprint density at radius 3 is 2.67 bits per heavy atom. The monoisotopic (exact) mass is 252 g/mol. The van der Waals surface area contributed by atoms with E-state index >= 15 is 0 Å². The van der Waals surface area contributed by atoms with E-state index in [2.05, 4.69) is 16.8 Å². The maximum atomic E-state index is 9.89. The highest BCUT2D eigenvalue weighted by molar-refractivity contribution is 4.91. The number of likely N-dealkylation sites (N-methyl/N-ethyl adjacent to an activating group) is 1. The van der Waals surface area contributed by atoms with Crippen LogP contribution < -0.4 is 0 Å². The van der Waals surface area contributed by atoms with Crippen molar-refractivity contribution in [3.63, 3.8) is 0 Å². The van der Waals surface area contributed by atoms with E-state index < -0.39 is 0 Å². The van der Waals surface area contributed by atoms with Crippen molar-refractivity contribution < 1.29 is 5.11 Å². The highest BCUT2D eigenvalue weighted by Crippen LogP contribution is 2.31. The predicted molar refractivity (Wildman–Crippen MR) is 73.6 cm³/mol. The molecule has 0 aromatic heterocycles. The number of rotatable bonds is 3. The van der Waals surface area contributed by atoms with Gasteiger partial charge in [0, 0.05) is 18.6 Å². The van der Waals surface area contributed by atoms with Gasteiger partial charge in [0.25, 0.3) is 0 Å². The van der Waals surface area contributed by atoms with Crippen LogP contribution in [0, 0.1) is 5.92 Å². The molecule has 3 nitrogen and oxygen atoms in total. The summed E-state index contributed by atoms with van der Waals surface area (Å²) < 4.78 is 0. The third-order valence-electron chi connectivity index (χ3n) is 5.67. The quantitative estimate of drug-likeness (QED) is 0.828. The molecular weight excluding hydrogens is 224 g/mol. The first kappa shape index (κ1) is 12.9. The zero-order chi connectivity index (χ0) is 12.5. The van der Waals surface area contributed by atoms with Crippen LogP contribution in [-0.4, -0.2) is 59.8 Å². The smallest absolute Gasteiger partial charge is 0.0568 e. The van der Waals surface area contributed by atoms with Crippen molar-refractivity contribution in [2.75, 3.05) is 26.7 Å². The molecule has 3 rings (SSSR count). The lowest BCUT2D eigenvalue weighted by Gasteiger charge is -2.27. The van der Waals surface area contributed by atoms with Crippen molar-refractivity contribution in [2.45, 2.75) is 63.1 Å². The minimum Gasteiger partial charge on any atom is -0.393 e. The minimum absolute atomic E-state index is 0.00361. The molecule has 3 aliphatic rings. The average molecular weight is 252 g/mol. The van der Waals surface area contributed by atoms with Gasteiger partial charge in [-0.25, -0.2) is 0 Å². The van der Waals surface area contributed by atoms with Gasteiger partial charge in [-0.05, 0) is 64.6 Å². The SMILES string of the molecule is CN1C2CCC1CN(CCC1CCCC1O)CC2. The van der Waals surface area contributed by atoms with Crippen LogP contribution in [0.4, 0.5) is 0 Å². The van der Waals surface area contributed by atoms with Crippen molar-refractivity contribution in [1.82, 2.24) is 9.80 Å². The molecule has 0 aromatic rings. The molecule has 1 N–H and O–H groups in total. The lowest BCUT2D eigenvalue weighted by atomic mass is 10.0. The molecule has 18 heavy (non-hydrogen) atoms. The van der Waals surface area contributed by atoms with Gasteiger partial charge in [0.15, 0.2) is 0 Å². The normalized spacial score (nSPS) is 42.3. The first-order valence-corrected chi connectivity index (χ1v) is 7.86. The summed E-state index contributed by atoms with van der Waals surface area (Å²) in [6.45, 7) is 3.74. The molecule has 1 saturated carbocycles. The molecule has 0 radical (unpaired) electrons. The molecule has 0 amide bonds. The van der Waals surface area contributed by atoms with Gasteiger partial charge in [-0.15, -0.1) is 0 Å². The second-order valence-electron chi connectivity index (χ2n) is 6.69. The third kappa shape index (κ3) is 2.59. The molecule has 0 spiro atoms. The maximum absolute atomic E-state index is 9.89. The van der Waals surface area contributed by atoms with Gasteiger partial charge in [0.05, 0.1) is 6.10 Å². The molecule has 3 heteroatoms. The van der Waals surface area contributed by atoms with Crippen LogP contribution in [0.2, 0.25) is 0 Å². The van der Waals surface area contributed by atoms with E-state index in [-0.39, 0.29) is 6.10 Å². The molecular formula is C15H28N2O. The van der Waals surface area contributed by atoms with Crippen molar-refractivity contribution in [3.8, 4) is 0 Å². The van der Waals surface area contributed by atoms with E-state index in [0.29, 0.717) is 5.92 Å². The molecule has 104 valence electrons. The van der Waals surface area contributed by atoms with Gasteiger partial charge >= 0.3 is 0 Å². The molecule has 2 aliphatic heterocycles. The fourth-order valence-corrected chi connectivity index (χ4v) is 4.28. The van der Waals surface area contributed by atoms with Crippen molar-refractivity contribution in [3.05, 3.63) is 0 Å². The first-order chi connectivity index (χ1) is 8.74. The van der Waals surface area contributed by atoms with Crippen LogP contribution in [-0.2, 0) is 0 Å². The summed E-state index contributed by atoms with van der Waals surface area (Å²) in [5, 5.41) is 9.89. The van der Waals surface area contributed by atoms with Crippen LogP contribution in [0.1, 0.15) is 44.9 Å². The second-order valence-corrected chi connectivity index (χ2v) is 6.69. The molecule has 2 bridgehead atoms. The molecule has 2 saturated heterocycles. The van der Waals surface area contributed by atoms with Crippen LogP contribution in [0.15, 0.2) is 0 Å². The summed E-state index contributed by atoms with van der Waals surface area (Å²) in [5.41, 5.74) is 0. The molecule has 2 heterocycles.